The lowest BCUT2D eigenvalue weighted by molar-refractivity contribution is 0.260. The molecule has 5 rings (SSSR count). The Kier molecular flexibility index (Phi) is 5.58. The van der Waals surface area contributed by atoms with Gasteiger partial charge in [0.05, 0.1) is 4.90 Å². The Hall–Kier alpha value is -2.22. The number of anilines is 1. The summed E-state index contributed by atoms with van der Waals surface area (Å²) in [6.07, 6.45) is 8.75. The SMILES string of the molecule is NS(=O)(=NC(=O)Nc1c2c(cc3c1CCC3)CCC2)c1ccc(CN2CCCC2)cc1. The highest BCUT2D eigenvalue weighted by Gasteiger charge is 2.25. The van der Waals surface area contributed by atoms with E-state index in [-0.39, 0.29) is 0 Å². The summed E-state index contributed by atoms with van der Waals surface area (Å²) in [5, 5.41) is 8.98. The molecule has 1 fully saturated rings. The first-order valence-electron chi connectivity index (χ1n) is 11.3. The van der Waals surface area contributed by atoms with Crippen LogP contribution in [0.15, 0.2) is 39.6 Å². The third-order valence-electron chi connectivity index (χ3n) is 6.79. The molecule has 0 saturated carbocycles. The number of rotatable bonds is 4. The molecule has 0 radical (unpaired) electrons. The number of fused-ring (bicyclic) bond motifs is 2. The predicted molar refractivity (Wildman–Crippen MR) is 123 cm³/mol. The van der Waals surface area contributed by atoms with E-state index in [1.807, 2.05) is 12.1 Å². The summed E-state index contributed by atoms with van der Waals surface area (Å²) in [7, 11) is -3.30. The maximum Gasteiger partial charge on any atom is 0.354 e. The van der Waals surface area contributed by atoms with Crippen LogP contribution in [0.1, 0.15) is 53.5 Å². The van der Waals surface area contributed by atoms with Crippen molar-refractivity contribution in [3.63, 3.8) is 0 Å². The Morgan fingerprint density at radius 3 is 2.19 bits per heavy atom. The van der Waals surface area contributed by atoms with Gasteiger partial charge in [-0.25, -0.2) is 14.1 Å². The van der Waals surface area contributed by atoms with Crippen LogP contribution in [-0.2, 0) is 42.1 Å². The zero-order chi connectivity index (χ0) is 21.4. The van der Waals surface area contributed by atoms with E-state index in [9.17, 15) is 9.00 Å². The van der Waals surface area contributed by atoms with Crippen LogP contribution in [-0.4, -0.2) is 28.2 Å². The van der Waals surface area contributed by atoms with Gasteiger partial charge in [-0.05, 0) is 104 Å². The average molecular weight is 439 g/mol. The smallest absolute Gasteiger partial charge is 0.305 e. The molecule has 1 saturated heterocycles. The van der Waals surface area contributed by atoms with Gasteiger partial charge in [0.25, 0.3) is 0 Å². The quantitative estimate of drug-likeness (QED) is 0.750. The number of likely N-dealkylation sites (tertiary alicyclic amines) is 1. The summed E-state index contributed by atoms with van der Waals surface area (Å²) in [6, 6.07) is 9.04. The first kappa shape index (κ1) is 20.7. The minimum atomic E-state index is -3.30. The number of hydrogen-bond acceptors (Lipinski definition) is 3. The summed E-state index contributed by atoms with van der Waals surface area (Å²) in [6.45, 7) is 3.13. The van der Waals surface area contributed by atoms with Gasteiger partial charge in [-0.2, -0.15) is 0 Å². The van der Waals surface area contributed by atoms with Crippen molar-refractivity contribution in [2.75, 3.05) is 18.4 Å². The number of nitrogens with two attached hydrogens (primary N) is 1. The molecule has 2 amide bonds. The highest BCUT2D eigenvalue weighted by atomic mass is 32.2. The second-order valence-electron chi connectivity index (χ2n) is 8.95. The van der Waals surface area contributed by atoms with Gasteiger partial charge >= 0.3 is 6.03 Å². The molecule has 2 aromatic carbocycles. The molecule has 164 valence electrons. The van der Waals surface area contributed by atoms with Gasteiger partial charge in [-0.3, -0.25) is 4.90 Å². The Morgan fingerprint density at radius 1 is 0.968 bits per heavy atom. The molecule has 0 bridgehead atoms. The van der Waals surface area contributed by atoms with Crippen LogP contribution in [0.3, 0.4) is 0 Å². The Labute approximate surface area is 184 Å². The van der Waals surface area contributed by atoms with Gasteiger partial charge < -0.3 is 5.32 Å². The fraction of sp³-hybridized carbons (Fsp3) is 0.458. The molecular weight excluding hydrogens is 408 g/mol. The summed E-state index contributed by atoms with van der Waals surface area (Å²) < 4.78 is 17.0. The first-order chi connectivity index (χ1) is 15.0. The molecule has 1 heterocycles. The summed E-state index contributed by atoms with van der Waals surface area (Å²) >= 11 is 0. The molecule has 3 aliphatic rings. The van der Waals surface area contributed by atoms with Crippen LogP contribution in [0.5, 0.6) is 0 Å². The monoisotopic (exact) mass is 438 g/mol. The summed E-state index contributed by atoms with van der Waals surface area (Å²) in [5.41, 5.74) is 7.15. The Morgan fingerprint density at radius 2 is 1.58 bits per heavy atom. The fourth-order valence-corrected chi connectivity index (χ4v) is 6.19. The zero-order valence-electron chi connectivity index (χ0n) is 17.9. The largest absolute Gasteiger partial charge is 0.354 e. The molecule has 2 aliphatic carbocycles. The maximum atomic E-state index is 13.1. The van der Waals surface area contributed by atoms with E-state index in [0.29, 0.717) is 4.90 Å². The number of carbonyl (C=O) groups excluding carboxylic acids is 1. The molecule has 0 aromatic heterocycles. The standard InChI is InChI=1S/C24H30N4O2S/c25-31(30,20-11-9-17(10-12-20)16-28-13-1-2-14-28)27-24(29)26-23-21-7-3-5-18(21)15-19-6-4-8-22(19)23/h9-12,15H,1-8,13-14,16H2,(H3,25,26,27,29,30). The van der Waals surface area contributed by atoms with Crippen LogP contribution in [0.25, 0.3) is 0 Å². The normalized spacial score (nSPS) is 19.6. The summed E-state index contributed by atoms with van der Waals surface area (Å²) in [4.78, 5) is 15.5. The van der Waals surface area contributed by atoms with Gasteiger partial charge in [0, 0.05) is 12.2 Å². The lowest BCUT2D eigenvalue weighted by Crippen LogP contribution is -2.20. The highest BCUT2D eigenvalue weighted by molar-refractivity contribution is 7.91. The van der Waals surface area contributed by atoms with Crippen molar-refractivity contribution in [2.45, 2.75) is 62.8 Å². The molecule has 1 aliphatic heterocycles. The highest BCUT2D eigenvalue weighted by Crippen LogP contribution is 2.38. The van der Waals surface area contributed by atoms with Gasteiger partial charge in [0.1, 0.15) is 9.92 Å². The molecule has 2 aromatic rings. The van der Waals surface area contributed by atoms with Crippen LogP contribution in [0.2, 0.25) is 0 Å². The molecule has 7 heteroatoms. The van der Waals surface area contributed by atoms with Gasteiger partial charge in [0.15, 0.2) is 0 Å². The number of urea groups is 1. The number of carbonyl (C=O) groups is 1. The average Bonchev–Trinajstić information content (AvgIpc) is 3.49. The fourth-order valence-electron chi connectivity index (χ4n) is 5.26. The molecule has 0 spiro atoms. The molecule has 1 atom stereocenters. The number of hydrogen-bond donors (Lipinski definition) is 2. The van der Waals surface area contributed by atoms with Crippen LogP contribution >= 0.6 is 0 Å². The first-order valence-corrected chi connectivity index (χ1v) is 12.9. The number of amides is 2. The van der Waals surface area contributed by atoms with Crippen molar-refractivity contribution in [1.29, 1.82) is 0 Å². The molecular formula is C24H30N4O2S. The second-order valence-corrected chi connectivity index (χ2v) is 10.7. The minimum absolute atomic E-state index is 0.386. The van der Waals surface area contributed by atoms with E-state index in [2.05, 4.69) is 20.6 Å². The van der Waals surface area contributed by atoms with Crippen LogP contribution < -0.4 is 10.5 Å². The second kappa shape index (κ2) is 8.37. The van der Waals surface area contributed by atoms with Gasteiger partial charge in [-0.15, -0.1) is 4.36 Å². The number of nitrogens with zero attached hydrogens (tertiary/aromatic N) is 2. The van der Waals surface area contributed by atoms with Crippen LogP contribution in [0, 0.1) is 0 Å². The molecule has 3 N–H and O–H groups in total. The van der Waals surface area contributed by atoms with Crippen molar-refractivity contribution in [2.24, 2.45) is 9.50 Å². The van der Waals surface area contributed by atoms with E-state index in [0.717, 1.165) is 69.4 Å². The van der Waals surface area contributed by atoms with Crippen LogP contribution in [0.4, 0.5) is 10.5 Å². The van der Waals surface area contributed by atoms with Gasteiger partial charge in [0.2, 0.25) is 0 Å². The third kappa shape index (κ3) is 4.27. The summed E-state index contributed by atoms with van der Waals surface area (Å²) in [5.74, 6) is 0. The van der Waals surface area contributed by atoms with Crippen molar-refractivity contribution in [3.05, 3.63) is 58.1 Å². The van der Waals surface area contributed by atoms with Crippen molar-refractivity contribution in [3.8, 4) is 0 Å². The van der Waals surface area contributed by atoms with Gasteiger partial charge in [-0.1, -0.05) is 18.2 Å². The third-order valence-corrected chi connectivity index (χ3v) is 8.17. The Bertz CT molecular complexity index is 1100. The molecule has 1 unspecified atom stereocenters. The van der Waals surface area contributed by atoms with E-state index in [4.69, 9.17) is 5.14 Å². The van der Waals surface area contributed by atoms with E-state index in [1.165, 1.54) is 35.1 Å². The molecule has 31 heavy (non-hydrogen) atoms. The maximum absolute atomic E-state index is 13.1. The molecule has 6 nitrogen and oxygen atoms in total. The van der Waals surface area contributed by atoms with Crippen molar-refractivity contribution >= 4 is 21.6 Å². The zero-order valence-corrected chi connectivity index (χ0v) is 18.7. The van der Waals surface area contributed by atoms with Crippen molar-refractivity contribution < 1.29 is 9.00 Å². The number of benzene rings is 2. The number of aryl methyl sites for hydroxylation is 2. The van der Waals surface area contributed by atoms with E-state index >= 15 is 0 Å². The Balaban J connectivity index is 1.36. The predicted octanol–water partition coefficient (Wildman–Crippen LogP) is 4.19. The topological polar surface area (TPSA) is 87.8 Å². The van der Waals surface area contributed by atoms with Crippen molar-refractivity contribution in [1.82, 2.24) is 4.90 Å². The lowest BCUT2D eigenvalue weighted by atomic mass is 9.99. The lowest BCUT2D eigenvalue weighted by Gasteiger charge is -2.15. The van der Waals surface area contributed by atoms with E-state index < -0.39 is 15.9 Å². The van der Waals surface area contributed by atoms with E-state index in [1.54, 1.807) is 12.1 Å². The minimum Gasteiger partial charge on any atom is -0.305 e. The number of nitrogens with one attached hydrogen (secondary N) is 1.